The highest BCUT2D eigenvalue weighted by atomic mass is 32.1. The minimum Gasteiger partial charge on any atom is -0.389 e. The zero-order valence-electron chi connectivity index (χ0n) is 11.9. The maximum absolute atomic E-state index is 14.0. The molecule has 2 N–H and O–H groups in total. The molecular weight excluding hydrogens is 259 g/mol. The van der Waals surface area contributed by atoms with Crippen LogP contribution in [-0.4, -0.2) is 23.0 Å². The average molecular weight is 282 g/mol. The first kappa shape index (κ1) is 16.1. The van der Waals surface area contributed by atoms with Crippen molar-refractivity contribution in [2.45, 2.75) is 33.7 Å². The molecule has 1 atom stereocenters. The molecule has 0 heterocycles. The van der Waals surface area contributed by atoms with E-state index in [1.54, 1.807) is 12.1 Å². The lowest BCUT2D eigenvalue weighted by molar-refractivity contribution is 0.235. The molecule has 1 rings (SSSR count). The summed E-state index contributed by atoms with van der Waals surface area (Å²) in [6.45, 7) is 9.03. The lowest BCUT2D eigenvalue weighted by Gasteiger charge is -2.24. The van der Waals surface area contributed by atoms with Gasteiger partial charge in [-0.3, -0.25) is 4.90 Å². The van der Waals surface area contributed by atoms with Crippen molar-refractivity contribution in [2.75, 3.05) is 13.1 Å². The highest BCUT2D eigenvalue weighted by Gasteiger charge is 2.11. The molecule has 1 aromatic rings. The van der Waals surface area contributed by atoms with Crippen LogP contribution in [0.15, 0.2) is 18.2 Å². The maximum Gasteiger partial charge on any atom is 0.128 e. The van der Waals surface area contributed by atoms with Crippen molar-refractivity contribution in [3.63, 3.8) is 0 Å². The van der Waals surface area contributed by atoms with E-state index in [-0.39, 0.29) is 10.8 Å². The van der Waals surface area contributed by atoms with Gasteiger partial charge in [0.25, 0.3) is 0 Å². The molecule has 2 nitrogen and oxygen atoms in total. The summed E-state index contributed by atoms with van der Waals surface area (Å²) >= 11 is 4.85. The highest BCUT2D eigenvalue weighted by molar-refractivity contribution is 7.80. The molecule has 19 heavy (non-hydrogen) atoms. The zero-order valence-corrected chi connectivity index (χ0v) is 12.8. The summed E-state index contributed by atoms with van der Waals surface area (Å²) in [6, 6.07) is 5.00. The van der Waals surface area contributed by atoms with E-state index in [4.69, 9.17) is 18.0 Å². The SMILES string of the molecule is CCC(C)CN(CC)Cc1ccc(C(N)=S)cc1F. The normalized spacial score (nSPS) is 12.7. The van der Waals surface area contributed by atoms with Crippen LogP contribution in [0.1, 0.15) is 38.3 Å². The molecule has 0 aliphatic carbocycles. The fourth-order valence-electron chi connectivity index (χ4n) is 1.95. The Balaban J connectivity index is 2.77. The van der Waals surface area contributed by atoms with Crippen molar-refractivity contribution in [2.24, 2.45) is 11.7 Å². The van der Waals surface area contributed by atoms with E-state index in [9.17, 15) is 4.39 Å². The second-order valence-corrected chi connectivity index (χ2v) is 5.45. The van der Waals surface area contributed by atoms with Crippen molar-refractivity contribution in [3.05, 3.63) is 35.1 Å². The number of thiocarbonyl (C=S) groups is 1. The highest BCUT2D eigenvalue weighted by Crippen LogP contribution is 2.14. The van der Waals surface area contributed by atoms with Crippen LogP contribution in [0.2, 0.25) is 0 Å². The summed E-state index contributed by atoms with van der Waals surface area (Å²) in [5.74, 6) is 0.395. The second-order valence-electron chi connectivity index (χ2n) is 5.01. The first-order valence-electron chi connectivity index (χ1n) is 6.78. The van der Waals surface area contributed by atoms with Gasteiger partial charge in [-0.1, -0.05) is 51.5 Å². The summed E-state index contributed by atoms with van der Waals surface area (Å²) in [6.07, 6.45) is 1.14. The van der Waals surface area contributed by atoms with Gasteiger partial charge >= 0.3 is 0 Å². The largest absolute Gasteiger partial charge is 0.389 e. The molecule has 0 saturated heterocycles. The minimum atomic E-state index is -0.229. The third-order valence-corrected chi connectivity index (χ3v) is 3.68. The van der Waals surface area contributed by atoms with E-state index < -0.39 is 0 Å². The van der Waals surface area contributed by atoms with Gasteiger partial charge in [-0.15, -0.1) is 0 Å². The summed E-state index contributed by atoms with van der Waals surface area (Å²) < 4.78 is 14.0. The van der Waals surface area contributed by atoms with Crippen LogP contribution in [0.25, 0.3) is 0 Å². The molecule has 4 heteroatoms. The summed E-state index contributed by atoms with van der Waals surface area (Å²) in [5.41, 5.74) is 6.78. The first-order valence-corrected chi connectivity index (χ1v) is 7.19. The van der Waals surface area contributed by atoms with E-state index in [1.165, 1.54) is 6.07 Å². The Morgan fingerprint density at radius 1 is 1.42 bits per heavy atom. The Bertz CT molecular complexity index is 434. The minimum absolute atomic E-state index is 0.229. The maximum atomic E-state index is 14.0. The van der Waals surface area contributed by atoms with E-state index >= 15 is 0 Å². The van der Waals surface area contributed by atoms with Gasteiger partial charge in [0.05, 0.1) is 0 Å². The van der Waals surface area contributed by atoms with Gasteiger partial charge in [0.15, 0.2) is 0 Å². The Kier molecular flexibility index (Phi) is 6.38. The number of nitrogens with zero attached hydrogens (tertiary/aromatic N) is 1. The van der Waals surface area contributed by atoms with Gasteiger partial charge in [-0.2, -0.15) is 0 Å². The molecule has 0 bridgehead atoms. The molecule has 0 fully saturated rings. The van der Waals surface area contributed by atoms with Gasteiger partial charge in [0, 0.05) is 24.2 Å². The lowest BCUT2D eigenvalue weighted by Crippen LogP contribution is -2.28. The third kappa shape index (κ3) is 4.88. The van der Waals surface area contributed by atoms with Crippen LogP contribution in [-0.2, 0) is 6.54 Å². The molecule has 1 aromatic carbocycles. The van der Waals surface area contributed by atoms with Crippen LogP contribution in [0, 0.1) is 11.7 Å². The monoisotopic (exact) mass is 282 g/mol. The molecule has 0 radical (unpaired) electrons. The number of hydrogen-bond donors (Lipinski definition) is 1. The van der Waals surface area contributed by atoms with Gasteiger partial charge in [-0.25, -0.2) is 4.39 Å². The van der Waals surface area contributed by atoms with Gasteiger partial charge in [-0.05, 0) is 18.5 Å². The van der Waals surface area contributed by atoms with Crippen LogP contribution in [0.5, 0.6) is 0 Å². The van der Waals surface area contributed by atoms with E-state index in [0.717, 1.165) is 19.5 Å². The van der Waals surface area contributed by atoms with Crippen molar-refractivity contribution in [1.82, 2.24) is 4.90 Å². The molecule has 0 amide bonds. The van der Waals surface area contributed by atoms with Crippen LogP contribution in [0.4, 0.5) is 4.39 Å². The molecule has 0 aromatic heterocycles. The van der Waals surface area contributed by atoms with Gasteiger partial charge in [0.2, 0.25) is 0 Å². The predicted molar refractivity (Wildman–Crippen MR) is 82.7 cm³/mol. The zero-order chi connectivity index (χ0) is 14.4. The average Bonchev–Trinajstić information content (AvgIpc) is 2.39. The number of hydrogen-bond acceptors (Lipinski definition) is 2. The molecule has 0 aliphatic rings. The number of rotatable bonds is 7. The van der Waals surface area contributed by atoms with Crippen molar-refractivity contribution in [3.8, 4) is 0 Å². The molecule has 0 saturated carbocycles. The van der Waals surface area contributed by atoms with Gasteiger partial charge in [0.1, 0.15) is 10.8 Å². The van der Waals surface area contributed by atoms with Crippen LogP contribution < -0.4 is 5.73 Å². The summed E-state index contributed by atoms with van der Waals surface area (Å²) in [4.78, 5) is 2.49. The Labute approximate surface area is 120 Å². The predicted octanol–water partition coefficient (Wildman–Crippen LogP) is 3.33. The second kappa shape index (κ2) is 7.56. The summed E-state index contributed by atoms with van der Waals surface area (Å²) in [7, 11) is 0. The third-order valence-electron chi connectivity index (χ3n) is 3.45. The smallest absolute Gasteiger partial charge is 0.128 e. The summed E-state index contributed by atoms with van der Waals surface area (Å²) in [5, 5.41) is 0. The molecule has 0 spiro atoms. The van der Waals surface area contributed by atoms with E-state index in [0.29, 0.717) is 23.6 Å². The van der Waals surface area contributed by atoms with Crippen LogP contribution in [0.3, 0.4) is 0 Å². The standard InChI is InChI=1S/C15H23FN2S/c1-4-11(3)9-18(5-2)10-13-7-6-12(15(17)19)8-14(13)16/h6-8,11H,4-5,9-10H2,1-3H3,(H2,17,19). The van der Waals surface area contributed by atoms with E-state index in [1.807, 2.05) is 0 Å². The molecule has 0 aliphatic heterocycles. The molecule has 1 unspecified atom stereocenters. The first-order chi connectivity index (χ1) is 8.97. The Morgan fingerprint density at radius 3 is 2.58 bits per heavy atom. The fraction of sp³-hybridized carbons (Fsp3) is 0.533. The van der Waals surface area contributed by atoms with Gasteiger partial charge < -0.3 is 5.73 Å². The Morgan fingerprint density at radius 2 is 2.11 bits per heavy atom. The Hall–Kier alpha value is -1.00. The topological polar surface area (TPSA) is 29.3 Å². The van der Waals surface area contributed by atoms with Crippen molar-refractivity contribution < 1.29 is 4.39 Å². The number of halogens is 1. The lowest BCUT2D eigenvalue weighted by atomic mass is 10.1. The molecule has 106 valence electrons. The quantitative estimate of drug-likeness (QED) is 0.778. The van der Waals surface area contributed by atoms with Crippen molar-refractivity contribution >= 4 is 17.2 Å². The fourth-order valence-corrected chi connectivity index (χ4v) is 2.07. The van der Waals surface area contributed by atoms with Crippen LogP contribution >= 0.6 is 12.2 Å². The molecular formula is C15H23FN2S. The number of benzene rings is 1. The van der Waals surface area contributed by atoms with Crippen molar-refractivity contribution in [1.29, 1.82) is 0 Å². The van der Waals surface area contributed by atoms with E-state index in [2.05, 4.69) is 25.7 Å². The number of nitrogens with two attached hydrogens (primary N) is 1.